The molecule has 0 aliphatic heterocycles. The van der Waals surface area contributed by atoms with Crippen LogP contribution in [0.15, 0.2) is 79.0 Å². The first-order valence-corrected chi connectivity index (χ1v) is 12.4. The van der Waals surface area contributed by atoms with Gasteiger partial charge in [0.05, 0.1) is 0 Å². The quantitative estimate of drug-likeness (QED) is 0.226. The number of Topliss-reactive ketones (excluding diaryl/α,β-unsaturated/α-hetero) is 1. The van der Waals surface area contributed by atoms with Crippen LogP contribution in [0.3, 0.4) is 0 Å². The highest BCUT2D eigenvalue weighted by Crippen LogP contribution is 2.23. The first kappa shape index (κ1) is 26.2. The second kappa shape index (κ2) is 11.0. The van der Waals surface area contributed by atoms with Crippen molar-refractivity contribution in [1.29, 1.82) is 0 Å². The molecule has 0 fully saturated rings. The summed E-state index contributed by atoms with van der Waals surface area (Å²) in [6.45, 7) is 5.85. The summed E-state index contributed by atoms with van der Waals surface area (Å²) in [6, 6.07) is 20.4. The fraction of sp³-hybridized carbons (Fsp3) is 0.233. The third-order valence-corrected chi connectivity index (χ3v) is 6.47. The third kappa shape index (κ3) is 6.46. The van der Waals surface area contributed by atoms with E-state index in [1.807, 2.05) is 42.6 Å². The zero-order chi connectivity index (χ0) is 26.6. The van der Waals surface area contributed by atoms with E-state index in [0.717, 1.165) is 22.0 Å². The Kier molecular flexibility index (Phi) is 7.79. The summed E-state index contributed by atoms with van der Waals surface area (Å²) in [4.78, 5) is 41.9. The van der Waals surface area contributed by atoms with Gasteiger partial charge in [-0.3, -0.25) is 9.59 Å². The smallest absolute Gasteiger partial charge is 0.329 e. The molecule has 1 atom stereocenters. The lowest BCUT2D eigenvalue weighted by molar-refractivity contribution is -0.144. The maximum Gasteiger partial charge on any atom is 0.329 e. The number of para-hydroxylation sites is 1. The Morgan fingerprint density at radius 2 is 1.57 bits per heavy atom. The molecule has 0 saturated heterocycles. The number of ether oxygens (including phenoxy) is 1. The van der Waals surface area contributed by atoms with Gasteiger partial charge in [-0.2, -0.15) is 0 Å². The lowest BCUT2D eigenvalue weighted by atomic mass is 9.86. The molecule has 0 aliphatic rings. The molecule has 0 radical (unpaired) electrons. The molecular weight excluding hydrogens is 488 g/mol. The van der Waals surface area contributed by atoms with Crippen LogP contribution in [0, 0.1) is 0 Å². The van der Waals surface area contributed by atoms with Gasteiger partial charge in [-0.1, -0.05) is 62.7 Å². The zero-order valence-electron chi connectivity index (χ0n) is 21.0. The molecule has 190 valence electrons. The highest BCUT2D eigenvalue weighted by atomic mass is 35.5. The highest BCUT2D eigenvalue weighted by Gasteiger charge is 2.26. The van der Waals surface area contributed by atoms with Gasteiger partial charge in [0.15, 0.2) is 12.4 Å². The summed E-state index contributed by atoms with van der Waals surface area (Å²) >= 11 is 5.88. The number of nitrogens with one attached hydrogen (secondary N) is 2. The number of aromatic nitrogens is 1. The van der Waals surface area contributed by atoms with Gasteiger partial charge in [0.2, 0.25) is 0 Å². The van der Waals surface area contributed by atoms with Gasteiger partial charge in [0.1, 0.15) is 6.04 Å². The highest BCUT2D eigenvalue weighted by molar-refractivity contribution is 6.30. The number of amides is 1. The molecule has 0 bridgehead atoms. The van der Waals surface area contributed by atoms with Crippen molar-refractivity contribution in [2.45, 2.75) is 38.6 Å². The van der Waals surface area contributed by atoms with Crippen molar-refractivity contribution >= 4 is 40.2 Å². The Labute approximate surface area is 221 Å². The predicted molar refractivity (Wildman–Crippen MR) is 145 cm³/mol. The normalized spacial score (nSPS) is 12.2. The first-order chi connectivity index (χ1) is 17.6. The van der Waals surface area contributed by atoms with Crippen molar-refractivity contribution in [3.63, 3.8) is 0 Å². The number of hydrogen-bond acceptors (Lipinski definition) is 4. The second-order valence-corrected chi connectivity index (χ2v) is 10.4. The summed E-state index contributed by atoms with van der Waals surface area (Å²) in [6.07, 6.45) is 2.01. The van der Waals surface area contributed by atoms with Crippen molar-refractivity contribution in [3.05, 3.63) is 106 Å². The first-order valence-electron chi connectivity index (χ1n) is 12.0. The van der Waals surface area contributed by atoms with Crippen LogP contribution in [0.2, 0.25) is 5.02 Å². The average molecular weight is 517 g/mol. The monoisotopic (exact) mass is 516 g/mol. The van der Waals surface area contributed by atoms with Crippen LogP contribution in [0.4, 0.5) is 0 Å². The third-order valence-electron chi connectivity index (χ3n) is 6.21. The fourth-order valence-electron chi connectivity index (χ4n) is 4.03. The fourth-order valence-corrected chi connectivity index (χ4v) is 4.16. The van der Waals surface area contributed by atoms with Gasteiger partial charge in [0, 0.05) is 39.7 Å². The summed E-state index contributed by atoms with van der Waals surface area (Å²) in [5.41, 5.74) is 3.64. The number of hydrogen-bond donors (Lipinski definition) is 2. The predicted octanol–water partition coefficient (Wildman–Crippen LogP) is 5.89. The standard InChI is InChI=1S/C30H29ClN2O4/c1-30(2,3)22-12-8-20(9-13-22)28(35)33-26(16-21-17-32-25-7-5-4-6-24(21)25)29(36)37-18-27(34)19-10-14-23(31)15-11-19/h4-15,17,26,32H,16,18H2,1-3H3,(H,33,35)/t26-/m0/s1. The van der Waals surface area contributed by atoms with Crippen molar-refractivity contribution in [1.82, 2.24) is 10.3 Å². The van der Waals surface area contributed by atoms with E-state index in [1.165, 1.54) is 0 Å². The van der Waals surface area contributed by atoms with Crippen molar-refractivity contribution in [2.75, 3.05) is 6.61 Å². The van der Waals surface area contributed by atoms with E-state index in [0.29, 0.717) is 16.1 Å². The number of ketones is 1. The Morgan fingerprint density at radius 1 is 0.919 bits per heavy atom. The molecule has 0 unspecified atom stereocenters. The number of aromatic amines is 1. The molecule has 2 N–H and O–H groups in total. The number of H-pyrrole nitrogens is 1. The molecule has 37 heavy (non-hydrogen) atoms. The number of carbonyl (C=O) groups excluding carboxylic acids is 3. The van der Waals surface area contributed by atoms with E-state index < -0.39 is 24.5 Å². The Bertz CT molecular complexity index is 1420. The number of fused-ring (bicyclic) bond motifs is 1. The molecule has 1 amide bonds. The van der Waals surface area contributed by atoms with E-state index in [9.17, 15) is 14.4 Å². The summed E-state index contributed by atoms with van der Waals surface area (Å²) in [5.74, 6) is -1.45. The molecule has 4 aromatic rings. The molecule has 3 aromatic carbocycles. The number of carbonyl (C=O) groups is 3. The van der Waals surface area contributed by atoms with Crippen molar-refractivity contribution in [2.24, 2.45) is 0 Å². The van der Waals surface area contributed by atoms with Crippen molar-refractivity contribution in [3.8, 4) is 0 Å². The maximum absolute atomic E-state index is 13.1. The molecule has 1 heterocycles. The molecule has 4 rings (SSSR count). The number of benzene rings is 3. The van der Waals surface area contributed by atoms with Crippen LogP contribution in [-0.4, -0.2) is 35.3 Å². The molecule has 0 aliphatic carbocycles. The largest absolute Gasteiger partial charge is 0.456 e. The number of halogens is 1. The zero-order valence-corrected chi connectivity index (χ0v) is 21.8. The van der Waals surface area contributed by atoms with Crippen molar-refractivity contribution < 1.29 is 19.1 Å². The van der Waals surface area contributed by atoms with Crippen LogP contribution in [-0.2, 0) is 21.4 Å². The van der Waals surface area contributed by atoms with Gasteiger partial charge >= 0.3 is 5.97 Å². The minimum Gasteiger partial charge on any atom is -0.456 e. The maximum atomic E-state index is 13.1. The van der Waals surface area contributed by atoms with Crippen LogP contribution >= 0.6 is 11.6 Å². The molecule has 0 saturated carbocycles. The Balaban J connectivity index is 1.52. The number of rotatable bonds is 8. The topological polar surface area (TPSA) is 88.3 Å². The van der Waals surface area contributed by atoms with E-state index in [1.54, 1.807) is 36.4 Å². The molecule has 0 spiro atoms. The minimum atomic E-state index is -0.994. The summed E-state index contributed by atoms with van der Waals surface area (Å²) < 4.78 is 5.37. The van der Waals surface area contributed by atoms with Gasteiger partial charge in [0.25, 0.3) is 5.91 Å². The van der Waals surface area contributed by atoms with Crippen LogP contribution in [0.5, 0.6) is 0 Å². The summed E-state index contributed by atoms with van der Waals surface area (Å²) in [7, 11) is 0. The van der Waals surface area contributed by atoms with Gasteiger partial charge in [-0.15, -0.1) is 0 Å². The van der Waals surface area contributed by atoms with Gasteiger partial charge < -0.3 is 15.0 Å². The number of esters is 1. The van der Waals surface area contributed by atoms with E-state index in [2.05, 4.69) is 31.1 Å². The SMILES string of the molecule is CC(C)(C)c1ccc(C(=O)N[C@@H](Cc2c[nH]c3ccccc23)C(=O)OCC(=O)c2ccc(Cl)cc2)cc1. The molecule has 6 nitrogen and oxygen atoms in total. The van der Waals surface area contributed by atoms with Gasteiger partial charge in [-0.05, 0) is 59.0 Å². The van der Waals surface area contributed by atoms with E-state index in [4.69, 9.17) is 16.3 Å². The molecular formula is C30H29ClN2O4. The molecule has 1 aromatic heterocycles. The lowest BCUT2D eigenvalue weighted by Crippen LogP contribution is -2.43. The molecule has 7 heteroatoms. The summed E-state index contributed by atoms with van der Waals surface area (Å²) in [5, 5.41) is 4.26. The Morgan fingerprint density at radius 3 is 2.24 bits per heavy atom. The average Bonchev–Trinajstić information content (AvgIpc) is 3.29. The van der Waals surface area contributed by atoms with Crippen LogP contribution in [0.1, 0.15) is 52.6 Å². The lowest BCUT2D eigenvalue weighted by Gasteiger charge is -2.20. The van der Waals surface area contributed by atoms with Crippen LogP contribution in [0.25, 0.3) is 10.9 Å². The van der Waals surface area contributed by atoms with Gasteiger partial charge in [-0.25, -0.2) is 4.79 Å². The second-order valence-electron chi connectivity index (χ2n) is 9.95. The minimum absolute atomic E-state index is 0.0483. The Hall–Kier alpha value is -3.90. The van der Waals surface area contributed by atoms with E-state index >= 15 is 0 Å². The van der Waals surface area contributed by atoms with E-state index in [-0.39, 0.29) is 17.6 Å². The van der Waals surface area contributed by atoms with Crippen LogP contribution < -0.4 is 5.32 Å².